The van der Waals surface area contributed by atoms with Crippen LogP contribution in [0.3, 0.4) is 0 Å². The van der Waals surface area contributed by atoms with Crippen molar-refractivity contribution >= 4 is 96.9 Å². The molecule has 0 saturated heterocycles. The van der Waals surface area contributed by atoms with E-state index < -0.39 is 16.2 Å². The van der Waals surface area contributed by atoms with Crippen molar-refractivity contribution in [1.82, 2.24) is 4.98 Å². The lowest BCUT2D eigenvalue weighted by Crippen LogP contribution is -2.17. The Hall–Kier alpha value is -1.86. The number of halogens is 5. The second-order valence-electron chi connectivity index (χ2n) is 8.19. The number of carbonyl (C=O) groups excluding carboxylic acids is 2. The fraction of sp³-hybridized carbons (Fsp3) is 0.160. The molecular formula is C25H15Cl5N2O2S. The zero-order valence-electron chi connectivity index (χ0n) is 17.7. The summed E-state index contributed by atoms with van der Waals surface area (Å²) in [4.78, 5) is 30.5. The summed E-state index contributed by atoms with van der Waals surface area (Å²) < 4.78 is -0.302. The van der Waals surface area contributed by atoms with Crippen molar-refractivity contribution in [3.05, 3.63) is 91.9 Å². The van der Waals surface area contributed by atoms with Crippen LogP contribution >= 0.6 is 69.3 Å². The van der Waals surface area contributed by atoms with Gasteiger partial charge in [-0.15, -0.1) is 34.5 Å². The van der Waals surface area contributed by atoms with Crippen LogP contribution in [0.4, 0.5) is 5.69 Å². The third kappa shape index (κ3) is 5.04. The lowest BCUT2D eigenvalue weighted by molar-refractivity contribution is -0.117. The monoisotopic (exact) mass is 582 g/mol. The minimum atomic E-state index is -1.31. The molecule has 1 amide bonds. The third-order valence-corrected chi connectivity index (χ3v) is 8.51. The summed E-state index contributed by atoms with van der Waals surface area (Å²) in [7, 11) is 0. The fourth-order valence-electron chi connectivity index (χ4n) is 4.09. The molecule has 1 aromatic heterocycles. The van der Waals surface area contributed by atoms with Crippen LogP contribution in [0.5, 0.6) is 0 Å². The van der Waals surface area contributed by atoms with Crippen LogP contribution in [-0.2, 0) is 11.2 Å². The predicted molar refractivity (Wildman–Crippen MR) is 145 cm³/mol. The Kier molecular flexibility index (Phi) is 6.77. The summed E-state index contributed by atoms with van der Waals surface area (Å²) >= 11 is 32.8. The highest BCUT2D eigenvalue weighted by atomic mass is 35.5. The van der Waals surface area contributed by atoms with Gasteiger partial charge >= 0.3 is 0 Å². The van der Waals surface area contributed by atoms with E-state index in [0.29, 0.717) is 31.9 Å². The molecule has 3 aromatic carbocycles. The van der Waals surface area contributed by atoms with Crippen molar-refractivity contribution in [2.24, 2.45) is 5.92 Å². The molecule has 2 unspecified atom stereocenters. The first kappa shape index (κ1) is 24.8. The minimum Gasteiger partial charge on any atom is -0.326 e. The van der Waals surface area contributed by atoms with E-state index in [1.54, 1.807) is 36.4 Å². The van der Waals surface area contributed by atoms with Crippen molar-refractivity contribution < 1.29 is 9.59 Å². The molecule has 1 saturated carbocycles. The lowest BCUT2D eigenvalue weighted by Gasteiger charge is -2.09. The van der Waals surface area contributed by atoms with Crippen molar-refractivity contribution in [2.75, 3.05) is 5.32 Å². The average molecular weight is 585 g/mol. The molecule has 5 rings (SSSR count). The van der Waals surface area contributed by atoms with Crippen molar-refractivity contribution in [2.45, 2.75) is 16.7 Å². The van der Waals surface area contributed by atoms with E-state index in [2.05, 4.69) is 10.3 Å². The number of nitrogens with zero attached hydrogens (tertiary/aromatic N) is 1. The highest BCUT2D eigenvalue weighted by Crippen LogP contribution is 2.65. The number of ketones is 1. The number of hydrogen-bond donors (Lipinski definition) is 1. The molecule has 4 aromatic rings. The Morgan fingerprint density at radius 3 is 2.40 bits per heavy atom. The van der Waals surface area contributed by atoms with Crippen LogP contribution in [0.25, 0.3) is 10.2 Å². The number of amides is 1. The molecule has 1 N–H and O–H groups in total. The first-order valence-electron chi connectivity index (χ1n) is 10.5. The Balaban J connectivity index is 1.33. The summed E-state index contributed by atoms with van der Waals surface area (Å²) in [6.45, 7) is 0. The zero-order chi connectivity index (χ0) is 24.9. The molecule has 0 radical (unpaired) electrons. The number of thiazole rings is 1. The summed E-state index contributed by atoms with van der Waals surface area (Å²) in [5, 5.41) is 4.63. The van der Waals surface area contributed by atoms with Crippen LogP contribution in [0.1, 0.15) is 26.8 Å². The quantitative estimate of drug-likeness (QED) is 0.184. The number of benzene rings is 3. The van der Waals surface area contributed by atoms with Crippen LogP contribution in [0, 0.1) is 5.92 Å². The van der Waals surface area contributed by atoms with E-state index >= 15 is 0 Å². The molecule has 4 nitrogen and oxygen atoms in total. The summed E-state index contributed by atoms with van der Waals surface area (Å²) in [5.41, 5.74) is 2.22. The number of carbonyl (C=O) groups is 2. The molecule has 1 aliphatic carbocycles. The first-order chi connectivity index (χ1) is 16.6. The van der Waals surface area contributed by atoms with Crippen LogP contribution < -0.4 is 5.32 Å². The molecule has 0 aliphatic heterocycles. The largest absolute Gasteiger partial charge is 0.326 e. The second-order valence-corrected chi connectivity index (χ2v) is 12.0. The van der Waals surface area contributed by atoms with Gasteiger partial charge in [-0.05, 0) is 54.1 Å². The van der Waals surface area contributed by atoms with Crippen molar-refractivity contribution in [3.8, 4) is 0 Å². The lowest BCUT2D eigenvalue weighted by atomic mass is 10.1. The number of aromatic nitrogens is 1. The standard InChI is InChI=1S/C25H15Cl5N2O2S/c26-13-7-12(8-14(27)9-13)22-23(25(22,29)30)24(34)31-15-5-6-17(28)16(10-15)19(33)11-21-32-18-3-1-2-4-20(18)35-21/h1-10,22-23H,11H2,(H,31,34). The molecule has 0 bridgehead atoms. The van der Waals surface area contributed by atoms with E-state index in [1.165, 1.54) is 11.3 Å². The zero-order valence-corrected chi connectivity index (χ0v) is 22.3. The third-order valence-electron chi connectivity index (χ3n) is 5.76. The Labute approximate surface area is 230 Å². The molecular weight excluding hydrogens is 570 g/mol. The van der Waals surface area contributed by atoms with E-state index in [1.807, 2.05) is 24.3 Å². The number of rotatable bonds is 6. The molecule has 178 valence electrons. The highest BCUT2D eigenvalue weighted by Gasteiger charge is 2.67. The molecule has 1 fully saturated rings. The van der Waals surface area contributed by atoms with Gasteiger partial charge in [-0.3, -0.25) is 9.59 Å². The highest BCUT2D eigenvalue weighted by molar-refractivity contribution is 7.18. The van der Waals surface area contributed by atoms with Gasteiger partial charge in [0.05, 0.1) is 27.6 Å². The van der Waals surface area contributed by atoms with Gasteiger partial charge in [-0.2, -0.15) is 0 Å². The predicted octanol–water partition coefficient (Wildman–Crippen LogP) is 8.21. The minimum absolute atomic E-state index is 0.100. The first-order valence-corrected chi connectivity index (χ1v) is 13.2. The van der Waals surface area contributed by atoms with Crippen molar-refractivity contribution in [3.63, 3.8) is 0 Å². The number of para-hydroxylation sites is 1. The van der Waals surface area contributed by atoms with Gasteiger partial charge in [-0.1, -0.05) is 46.9 Å². The Bertz CT molecular complexity index is 1430. The van der Waals surface area contributed by atoms with Gasteiger partial charge in [-0.25, -0.2) is 4.98 Å². The SMILES string of the molecule is O=C(Cc1nc2ccccc2s1)c1cc(NC(=O)C2C(c3cc(Cl)cc(Cl)c3)C2(Cl)Cl)ccc1Cl. The van der Waals surface area contributed by atoms with Crippen LogP contribution in [-0.4, -0.2) is 21.0 Å². The molecule has 2 atom stereocenters. The maximum absolute atomic E-state index is 13.0. The molecule has 35 heavy (non-hydrogen) atoms. The summed E-state index contributed by atoms with van der Waals surface area (Å²) in [6, 6.07) is 17.4. The number of anilines is 1. The maximum Gasteiger partial charge on any atom is 0.231 e. The number of Topliss-reactive ketones (excluding diaryl/α,β-unsaturated/α-hetero) is 1. The van der Waals surface area contributed by atoms with Gasteiger partial charge < -0.3 is 5.32 Å². The van der Waals surface area contributed by atoms with Crippen LogP contribution in [0.2, 0.25) is 15.1 Å². The number of alkyl halides is 2. The van der Waals surface area contributed by atoms with E-state index in [9.17, 15) is 9.59 Å². The molecule has 1 heterocycles. The fourth-order valence-corrected chi connectivity index (χ4v) is 6.65. The van der Waals surface area contributed by atoms with E-state index in [4.69, 9.17) is 58.0 Å². The number of fused-ring (bicyclic) bond motifs is 1. The van der Waals surface area contributed by atoms with Gasteiger partial charge in [0.2, 0.25) is 5.91 Å². The maximum atomic E-state index is 13.0. The van der Waals surface area contributed by atoms with Gasteiger partial charge in [0.15, 0.2) is 5.78 Å². The normalized spacial score (nSPS) is 18.4. The van der Waals surface area contributed by atoms with Crippen LogP contribution in [0.15, 0.2) is 60.7 Å². The topological polar surface area (TPSA) is 59.1 Å². The average Bonchev–Trinajstić information content (AvgIpc) is 3.15. The van der Waals surface area contributed by atoms with Gasteiger partial charge in [0.1, 0.15) is 9.34 Å². The van der Waals surface area contributed by atoms with E-state index in [-0.39, 0.29) is 23.1 Å². The smallest absolute Gasteiger partial charge is 0.231 e. The molecule has 0 spiro atoms. The van der Waals surface area contributed by atoms with E-state index in [0.717, 1.165) is 10.2 Å². The Morgan fingerprint density at radius 1 is 0.971 bits per heavy atom. The second kappa shape index (κ2) is 9.55. The molecule has 10 heteroatoms. The summed E-state index contributed by atoms with van der Waals surface area (Å²) in [6.07, 6.45) is 0.100. The van der Waals surface area contributed by atoms with Gasteiger partial charge in [0.25, 0.3) is 0 Å². The number of nitrogens with one attached hydrogen (secondary N) is 1. The molecule has 1 aliphatic rings. The Morgan fingerprint density at radius 2 is 1.69 bits per heavy atom. The summed E-state index contributed by atoms with van der Waals surface area (Å²) in [5.74, 6) is -1.79. The van der Waals surface area contributed by atoms with Crippen molar-refractivity contribution in [1.29, 1.82) is 0 Å². The number of hydrogen-bond acceptors (Lipinski definition) is 4. The van der Waals surface area contributed by atoms with Gasteiger partial charge in [0, 0.05) is 27.2 Å².